The number of aromatic nitrogens is 1. The summed E-state index contributed by atoms with van der Waals surface area (Å²) < 4.78 is 0. The van der Waals surface area contributed by atoms with Gasteiger partial charge in [0, 0.05) is 18.4 Å². The Morgan fingerprint density at radius 3 is 2.73 bits per heavy atom. The molecule has 1 fully saturated rings. The van der Waals surface area contributed by atoms with E-state index >= 15 is 0 Å². The molecule has 0 aromatic carbocycles. The Labute approximate surface area is 95.8 Å². The fraction of sp³-hybridized carbons (Fsp3) is 0.583. The van der Waals surface area contributed by atoms with Gasteiger partial charge in [0.05, 0.1) is 5.02 Å². The highest BCUT2D eigenvalue weighted by Crippen LogP contribution is 2.34. The van der Waals surface area contributed by atoms with Crippen LogP contribution in [0.15, 0.2) is 18.5 Å². The number of rotatable bonds is 2. The van der Waals surface area contributed by atoms with Crippen LogP contribution in [0, 0.1) is 5.92 Å². The molecule has 1 aliphatic carbocycles. The summed E-state index contributed by atoms with van der Waals surface area (Å²) in [5, 5.41) is 0.704. The lowest BCUT2D eigenvalue weighted by molar-refractivity contribution is 0.308. The Hall–Kier alpha value is -0.600. The van der Waals surface area contributed by atoms with Crippen LogP contribution in [0.25, 0.3) is 0 Å². The minimum absolute atomic E-state index is 0.0841. The SMILES string of the molecule is N[C@H](c1ccncc1Cl)C1CCCCC1. The molecule has 1 atom stereocenters. The first kappa shape index (κ1) is 10.9. The molecule has 1 aromatic heterocycles. The molecule has 1 heterocycles. The highest BCUT2D eigenvalue weighted by atomic mass is 35.5. The molecular weight excluding hydrogens is 208 g/mol. The Morgan fingerprint density at radius 2 is 2.07 bits per heavy atom. The molecular formula is C12H17ClN2. The fourth-order valence-electron chi connectivity index (χ4n) is 2.40. The standard InChI is InChI=1S/C12H17ClN2/c13-11-8-15-7-6-10(11)12(14)9-4-2-1-3-5-9/h6-9,12H,1-5,14H2/t12-/m0/s1. The van der Waals surface area contributed by atoms with E-state index in [0.717, 1.165) is 5.56 Å². The molecule has 2 N–H and O–H groups in total. The van der Waals surface area contributed by atoms with Crippen LogP contribution in [0.2, 0.25) is 5.02 Å². The van der Waals surface area contributed by atoms with Gasteiger partial charge in [-0.25, -0.2) is 0 Å². The normalized spacial score (nSPS) is 20.1. The number of pyridine rings is 1. The predicted octanol–water partition coefficient (Wildman–Crippen LogP) is 3.32. The van der Waals surface area contributed by atoms with Gasteiger partial charge in [0.15, 0.2) is 0 Å². The van der Waals surface area contributed by atoms with E-state index in [1.807, 2.05) is 6.07 Å². The number of halogens is 1. The Balaban J connectivity index is 2.12. The lowest BCUT2D eigenvalue weighted by atomic mass is 9.82. The van der Waals surface area contributed by atoms with Crippen molar-refractivity contribution in [3.63, 3.8) is 0 Å². The van der Waals surface area contributed by atoms with Crippen LogP contribution in [0.4, 0.5) is 0 Å². The maximum Gasteiger partial charge on any atom is 0.0637 e. The summed E-state index contributed by atoms with van der Waals surface area (Å²) in [7, 11) is 0. The van der Waals surface area contributed by atoms with Gasteiger partial charge in [-0.2, -0.15) is 0 Å². The zero-order chi connectivity index (χ0) is 10.7. The first-order chi connectivity index (χ1) is 7.29. The van der Waals surface area contributed by atoms with Crippen LogP contribution < -0.4 is 5.73 Å². The highest BCUT2D eigenvalue weighted by molar-refractivity contribution is 6.31. The van der Waals surface area contributed by atoms with Crippen LogP contribution in [-0.4, -0.2) is 4.98 Å². The van der Waals surface area contributed by atoms with E-state index < -0.39 is 0 Å². The molecule has 3 heteroatoms. The van der Waals surface area contributed by atoms with Crippen LogP contribution in [-0.2, 0) is 0 Å². The molecule has 1 saturated carbocycles. The lowest BCUT2D eigenvalue weighted by Crippen LogP contribution is -2.23. The van der Waals surface area contributed by atoms with Gasteiger partial charge in [0.1, 0.15) is 0 Å². The predicted molar refractivity (Wildman–Crippen MR) is 62.8 cm³/mol. The Kier molecular flexibility index (Phi) is 3.60. The van der Waals surface area contributed by atoms with Gasteiger partial charge in [0.2, 0.25) is 0 Å². The summed E-state index contributed by atoms with van der Waals surface area (Å²) in [5.41, 5.74) is 7.31. The second kappa shape index (κ2) is 4.95. The third-order valence-electron chi connectivity index (χ3n) is 3.32. The van der Waals surface area contributed by atoms with Gasteiger partial charge in [0.25, 0.3) is 0 Å². The molecule has 0 spiro atoms. The monoisotopic (exact) mass is 224 g/mol. The largest absolute Gasteiger partial charge is 0.324 e. The number of nitrogens with two attached hydrogens (primary N) is 1. The lowest BCUT2D eigenvalue weighted by Gasteiger charge is -2.28. The molecule has 2 rings (SSSR count). The van der Waals surface area contributed by atoms with Crippen LogP contribution in [0.3, 0.4) is 0 Å². The van der Waals surface area contributed by atoms with E-state index in [2.05, 4.69) is 4.98 Å². The molecule has 0 radical (unpaired) electrons. The van der Waals surface area contributed by atoms with Gasteiger partial charge in [-0.15, -0.1) is 0 Å². The van der Waals surface area contributed by atoms with Crippen molar-refractivity contribution in [3.05, 3.63) is 29.0 Å². The van der Waals surface area contributed by atoms with Gasteiger partial charge in [-0.05, 0) is 30.4 Å². The van der Waals surface area contributed by atoms with Crippen molar-refractivity contribution in [3.8, 4) is 0 Å². The van der Waals surface area contributed by atoms with Crippen molar-refractivity contribution >= 4 is 11.6 Å². The summed E-state index contributed by atoms with van der Waals surface area (Å²) in [6.45, 7) is 0. The summed E-state index contributed by atoms with van der Waals surface area (Å²) in [6, 6.07) is 2.03. The summed E-state index contributed by atoms with van der Waals surface area (Å²) >= 11 is 6.10. The molecule has 0 bridgehead atoms. The Morgan fingerprint density at radius 1 is 1.33 bits per heavy atom. The molecule has 2 nitrogen and oxygen atoms in total. The third-order valence-corrected chi connectivity index (χ3v) is 3.64. The van der Waals surface area contributed by atoms with Crippen molar-refractivity contribution in [1.82, 2.24) is 4.98 Å². The van der Waals surface area contributed by atoms with E-state index in [9.17, 15) is 0 Å². The van der Waals surface area contributed by atoms with Crippen LogP contribution in [0.5, 0.6) is 0 Å². The van der Waals surface area contributed by atoms with Gasteiger partial charge >= 0.3 is 0 Å². The van der Waals surface area contributed by atoms with Crippen molar-refractivity contribution in [2.75, 3.05) is 0 Å². The first-order valence-corrected chi connectivity index (χ1v) is 6.02. The zero-order valence-corrected chi connectivity index (χ0v) is 9.58. The van der Waals surface area contributed by atoms with E-state index in [0.29, 0.717) is 10.9 Å². The quantitative estimate of drug-likeness (QED) is 0.837. The first-order valence-electron chi connectivity index (χ1n) is 5.64. The summed E-state index contributed by atoms with van der Waals surface area (Å²) in [6.07, 6.45) is 9.89. The molecule has 82 valence electrons. The fourth-order valence-corrected chi connectivity index (χ4v) is 2.65. The average Bonchev–Trinajstić information content (AvgIpc) is 2.30. The molecule has 0 aliphatic heterocycles. The number of nitrogens with zero attached hydrogens (tertiary/aromatic N) is 1. The maximum atomic E-state index is 6.26. The van der Waals surface area contributed by atoms with E-state index in [-0.39, 0.29) is 6.04 Å². The van der Waals surface area contributed by atoms with Crippen molar-refractivity contribution in [2.45, 2.75) is 38.1 Å². The molecule has 1 aliphatic rings. The second-order valence-corrected chi connectivity index (χ2v) is 4.73. The smallest absolute Gasteiger partial charge is 0.0637 e. The number of hydrogen-bond acceptors (Lipinski definition) is 2. The Bertz CT molecular complexity index is 321. The highest BCUT2D eigenvalue weighted by Gasteiger charge is 2.23. The summed E-state index contributed by atoms with van der Waals surface area (Å²) in [5.74, 6) is 0.596. The third kappa shape index (κ3) is 2.50. The minimum atomic E-state index is 0.0841. The van der Waals surface area contributed by atoms with Crippen LogP contribution >= 0.6 is 11.6 Å². The minimum Gasteiger partial charge on any atom is -0.324 e. The second-order valence-electron chi connectivity index (χ2n) is 4.32. The topological polar surface area (TPSA) is 38.9 Å². The average molecular weight is 225 g/mol. The van der Waals surface area contributed by atoms with Gasteiger partial charge in [-0.3, -0.25) is 4.98 Å². The van der Waals surface area contributed by atoms with Crippen LogP contribution in [0.1, 0.15) is 43.7 Å². The van der Waals surface area contributed by atoms with E-state index in [4.69, 9.17) is 17.3 Å². The molecule has 0 amide bonds. The zero-order valence-electron chi connectivity index (χ0n) is 8.82. The molecule has 0 saturated heterocycles. The van der Waals surface area contributed by atoms with Crippen molar-refractivity contribution in [1.29, 1.82) is 0 Å². The van der Waals surface area contributed by atoms with E-state index in [1.165, 1.54) is 32.1 Å². The summed E-state index contributed by atoms with van der Waals surface area (Å²) in [4.78, 5) is 3.98. The molecule has 1 aromatic rings. The van der Waals surface area contributed by atoms with Gasteiger partial charge in [-0.1, -0.05) is 30.9 Å². The van der Waals surface area contributed by atoms with Crippen molar-refractivity contribution < 1.29 is 0 Å². The number of hydrogen-bond donors (Lipinski definition) is 1. The van der Waals surface area contributed by atoms with E-state index in [1.54, 1.807) is 12.4 Å². The van der Waals surface area contributed by atoms with Crippen molar-refractivity contribution in [2.24, 2.45) is 11.7 Å². The van der Waals surface area contributed by atoms with Gasteiger partial charge < -0.3 is 5.73 Å². The maximum absolute atomic E-state index is 6.26. The molecule has 0 unspecified atom stereocenters. The molecule has 15 heavy (non-hydrogen) atoms.